The lowest BCUT2D eigenvalue weighted by Gasteiger charge is -2.00. The Kier molecular flexibility index (Phi) is 3.34. The Morgan fingerprint density at radius 2 is 1.93 bits per heavy atom. The van der Waals surface area contributed by atoms with Crippen molar-refractivity contribution < 1.29 is 0 Å². The highest BCUT2D eigenvalue weighted by Crippen LogP contribution is 2.19. The molecule has 2 rings (SSSR count). The summed E-state index contributed by atoms with van der Waals surface area (Å²) in [4.78, 5) is 8.49. The van der Waals surface area contributed by atoms with Gasteiger partial charge in [-0.3, -0.25) is 0 Å². The van der Waals surface area contributed by atoms with Crippen molar-refractivity contribution in [3.05, 3.63) is 46.7 Å². The molecule has 0 saturated carbocycles. The van der Waals surface area contributed by atoms with E-state index in [2.05, 4.69) is 25.9 Å². The lowest BCUT2D eigenvalue weighted by molar-refractivity contribution is 1.13. The fraction of sp³-hybridized carbons (Fsp3) is 0.0909. The molecule has 1 aromatic heterocycles. The maximum atomic E-state index is 5.66. The van der Waals surface area contributed by atoms with Crippen LogP contribution >= 0.6 is 27.5 Å². The van der Waals surface area contributed by atoms with Crippen LogP contribution in [0.25, 0.3) is 11.4 Å². The normalized spacial score (nSPS) is 10.3. The van der Waals surface area contributed by atoms with Gasteiger partial charge in [-0.1, -0.05) is 28.1 Å². The number of benzene rings is 1. The SMILES string of the molecule is ClCc1cnc(-c2cccc(Br)c2)nc1. The second-order valence-corrected chi connectivity index (χ2v) is 4.24. The summed E-state index contributed by atoms with van der Waals surface area (Å²) in [6.07, 6.45) is 3.49. The third-order valence-electron chi connectivity index (χ3n) is 1.94. The van der Waals surface area contributed by atoms with Crippen LogP contribution in [0.3, 0.4) is 0 Å². The Bertz CT molecular complexity index is 456. The summed E-state index contributed by atoms with van der Waals surface area (Å²) >= 11 is 9.07. The van der Waals surface area contributed by atoms with E-state index < -0.39 is 0 Å². The van der Waals surface area contributed by atoms with Crippen molar-refractivity contribution in [2.24, 2.45) is 0 Å². The molecule has 0 atom stereocenters. The molecule has 4 heteroatoms. The zero-order valence-electron chi connectivity index (χ0n) is 7.82. The number of hydrogen-bond donors (Lipinski definition) is 0. The van der Waals surface area contributed by atoms with Crippen LogP contribution in [-0.2, 0) is 5.88 Å². The molecule has 1 aromatic carbocycles. The molecule has 0 aliphatic carbocycles. The maximum Gasteiger partial charge on any atom is 0.159 e. The van der Waals surface area contributed by atoms with Gasteiger partial charge in [-0.05, 0) is 12.1 Å². The highest BCUT2D eigenvalue weighted by molar-refractivity contribution is 9.10. The van der Waals surface area contributed by atoms with E-state index in [4.69, 9.17) is 11.6 Å². The second kappa shape index (κ2) is 4.73. The molecule has 0 amide bonds. The van der Waals surface area contributed by atoms with Crippen LogP contribution in [0, 0.1) is 0 Å². The minimum atomic E-state index is 0.443. The Morgan fingerprint density at radius 1 is 1.20 bits per heavy atom. The Balaban J connectivity index is 2.37. The van der Waals surface area contributed by atoms with Crippen molar-refractivity contribution in [2.75, 3.05) is 0 Å². The van der Waals surface area contributed by atoms with Crippen LogP contribution in [0.1, 0.15) is 5.56 Å². The molecule has 0 fully saturated rings. The summed E-state index contributed by atoms with van der Waals surface area (Å²) in [5.74, 6) is 1.16. The molecular formula is C11H8BrClN2. The summed E-state index contributed by atoms with van der Waals surface area (Å²) in [7, 11) is 0. The average Bonchev–Trinajstić information content (AvgIpc) is 2.29. The van der Waals surface area contributed by atoms with Gasteiger partial charge in [0.25, 0.3) is 0 Å². The number of rotatable bonds is 2. The van der Waals surface area contributed by atoms with Crippen LogP contribution in [0.5, 0.6) is 0 Å². The van der Waals surface area contributed by atoms with Crippen molar-refractivity contribution in [3.63, 3.8) is 0 Å². The van der Waals surface area contributed by atoms with Gasteiger partial charge in [0.2, 0.25) is 0 Å². The van der Waals surface area contributed by atoms with Crippen LogP contribution in [0.4, 0.5) is 0 Å². The summed E-state index contributed by atoms with van der Waals surface area (Å²) < 4.78 is 1.02. The molecule has 0 bridgehead atoms. The van der Waals surface area contributed by atoms with Crippen LogP contribution < -0.4 is 0 Å². The zero-order valence-corrected chi connectivity index (χ0v) is 10.2. The van der Waals surface area contributed by atoms with E-state index >= 15 is 0 Å². The summed E-state index contributed by atoms with van der Waals surface area (Å²) in [6, 6.07) is 7.88. The molecule has 1 heterocycles. The van der Waals surface area contributed by atoms with Gasteiger partial charge in [-0.25, -0.2) is 9.97 Å². The van der Waals surface area contributed by atoms with Crippen molar-refractivity contribution in [2.45, 2.75) is 5.88 Å². The standard InChI is InChI=1S/C11H8BrClN2/c12-10-3-1-2-9(4-10)11-14-6-8(5-13)7-15-11/h1-4,6-7H,5H2. The molecule has 0 saturated heterocycles. The minimum absolute atomic E-state index is 0.443. The van der Waals surface area contributed by atoms with Crippen molar-refractivity contribution in [1.29, 1.82) is 0 Å². The topological polar surface area (TPSA) is 25.8 Å². The third kappa shape index (κ3) is 2.55. The first-order valence-electron chi connectivity index (χ1n) is 4.42. The molecule has 0 aliphatic rings. The Labute approximate surface area is 101 Å². The van der Waals surface area contributed by atoms with E-state index in [0.29, 0.717) is 11.7 Å². The molecule has 0 radical (unpaired) electrons. The monoisotopic (exact) mass is 282 g/mol. The van der Waals surface area contributed by atoms with Crippen molar-refractivity contribution in [3.8, 4) is 11.4 Å². The van der Waals surface area contributed by atoms with E-state index in [1.54, 1.807) is 12.4 Å². The van der Waals surface area contributed by atoms with E-state index in [-0.39, 0.29) is 0 Å². The number of alkyl halides is 1. The molecule has 0 spiro atoms. The number of nitrogens with zero attached hydrogens (tertiary/aromatic N) is 2. The predicted molar refractivity (Wildman–Crippen MR) is 64.7 cm³/mol. The summed E-state index contributed by atoms with van der Waals surface area (Å²) in [5, 5.41) is 0. The third-order valence-corrected chi connectivity index (χ3v) is 2.74. The van der Waals surface area contributed by atoms with Gasteiger partial charge in [0.15, 0.2) is 5.82 Å². The molecule has 2 nitrogen and oxygen atoms in total. The lowest BCUT2D eigenvalue weighted by Crippen LogP contribution is -1.90. The molecule has 0 N–H and O–H groups in total. The van der Waals surface area contributed by atoms with Gasteiger partial charge in [0, 0.05) is 28.0 Å². The van der Waals surface area contributed by atoms with Crippen molar-refractivity contribution in [1.82, 2.24) is 9.97 Å². The van der Waals surface area contributed by atoms with Gasteiger partial charge in [0.05, 0.1) is 5.88 Å². The van der Waals surface area contributed by atoms with E-state index in [1.165, 1.54) is 0 Å². The Hall–Kier alpha value is -0.930. The van der Waals surface area contributed by atoms with Gasteiger partial charge < -0.3 is 0 Å². The number of halogens is 2. The molecular weight excluding hydrogens is 275 g/mol. The largest absolute Gasteiger partial charge is 0.236 e. The lowest BCUT2D eigenvalue weighted by atomic mass is 10.2. The molecule has 2 aromatic rings. The van der Waals surface area contributed by atoms with E-state index in [0.717, 1.165) is 15.6 Å². The van der Waals surface area contributed by atoms with Crippen LogP contribution in [0.2, 0.25) is 0 Å². The highest BCUT2D eigenvalue weighted by atomic mass is 79.9. The first kappa shape index (κ1) is 10.6. The molecule has 76 valence electrons. The molecule has 0 aliphatic heterocycles. The fourth-order valence-electron chi connectivity index (χ4n) is 1.20. The highest BCUT2D eigenvalue weighted by Gasteiger charge is 2.01. The van der Waals surface area contributed by atoms with Gasteiger partial charge in [0.1, 0.15) is 0 Å². The van der Waals surface area contributed by atoms with Crippen LogP contribution in [0.15, 0.2) is 41.1 Å². The average molecular weight is 284 g/mol. The molecule has 0 unspecified atom stereocenters. The number of aromatic nitrogens is 2. The summed E-state index contributed by atoms with van der Waals surface area (Å²) in [5.41, 5.74) is 1.92. The van der Waals surface area contributed by atoms with E-state index in [1.807, 2.05) is 24.3 Å². The zero-order chi connectivity index (χ0) is 10.7. The second-order valence-electron chi connectivity index (χ2n) is 3.06. The van der Waals surface area contributed by atoms with Crippen molar-refractivity contribution >= 4 is 27.5 Å². The smallest absolute Gasteiger partial charge is 0.159 e. The first-order chi connectivity index (χ1) is 7.29. The van der Waals surface area contributed by atoms with Gasteiger partial charge in [-0.2, -0.15) is 0 Å². The number of hydrogen-bond acceptors (Lipinski definition) is 2. The first-order valence-corrected chi connectivity index (χ1v) is 5.75. The summed E-state index contributed by atoms with van der Waals surface area (Å²) in [6.45, 7) is 0. The van der Waals surface area contributed by atoms with E-state index in [9.17, 15) is 0 Å². The minimum Gasteiger partial charge on any atom is -0.236 e. The van der Waals surface area contributed by atoms with Gasteiger partial charge >= 0.3 is 0 Å². The maximum absolute atomic E-state index is 5.66. The fourth-order valence-corrected chi connectivity index (χ4v) is 1.74. The molecule has 15 heavy (non-hydrogen) atoms. The Morgan fingerprint density at radius 3 is 2.53 bits per heavy atom. The predicted octanol–water partition coefficient (Wildman–Crippen LogP) is 3.64. The van der Waals surface area contributed by atoms with Crippen LogP contribution in [-0.4, -0.2) is 9.97 Å². The van der Waals surface area contributed by atoms with Gasteiger partial charge in [-0.15, -0.1) is 11.6 Å². The quantitative estimate of drug-likeness (QED) is 0.786.